The van der Waals surface area contributed by atoms with Crippen molar-refractivity contribution in [3.8, 4) is 0 Å². The number of hydrogen-bond donors (Lipinski definition) is 1. The number of nitrogens with two attached hydrogens (primary N) is 1. The largest absolute Gasteiger partial charge is 0.390 e. The van der Waals surface area contributed by atoms with Crippen LogP contribution < -0.4 is 10.6 Å². The smallest absolute Gasteiger partial charge is 0.111 e. The summed E-state index contributed by atoms with van der Waals surface area (Å²) in [6, 6.07) is 10.3. The summed E-state index contributed by atoms with van der Waals surface area (Å²) in [5.41, 5.74) is 6.30. The van der Waals surface area contributed by atoms with E-state index in [0.29, 0.717) is 0 Å². The Hall–Kier alpha value is -1.84. The minimum atomic E-state index is 0.772. The Labute approximate surface area is 96.5 Å². The van der Waals surface area contributed by atoms with Crippen molar-refractivity contribution >= 4 is 18.4 Å². The van der Waals surface area contributed by atoms with Gasteiger partial charge in [0.1, 0.15) is 6.34 Å². The van der Waals surface area contributed by atoms with Crippen LogP contribution in [0.1, 0.15) is 6.42 Å². The lowest BCUT2D eigenvalue weighted by molar-refractivity contribution is 0.797. The first kappa shape index (κ1) is 12.2. The van der Waals surface area contributed by atoms with Crippen molar-refractivity contribution < 1.29 is 0 Å². The average Bonchev–Trinajstić information content (AvgIpc) is 2.34. The Morgan fingerprint density at radius 3 is 2.75 bits per heavy atom. The van der Waals surface area contributed by atoms with E-state index in [1.165, 1.54) is 18.4 Å². The summed E-state index contributed by atoms with van der Waals surface area (Å²) in [6.45, 7) is 1.75. The quantitative estimate of drug-likeness (QED) is 0.447. The van der Waals surface area contributed by atoms with Gasteiger partial charge in [-0.3, -0.25) is 4.99 Å². The monoisotopic (exact) mass is 218 g/mol. The van der Waals surface area contributed by atoms with Crippen molar-refractivity contribution in [2.45, 2.75) is 6.42 Å². The van der Waals surface area contributed by atoms with E-state index >= 15 is 0 Å². The number of para-hydroxylation sites is 1. The molecule has 0 atom stereocenters. The van der Waals surface area contributed by atoms with Crippen molar-refractivity contribution in [1.82, 2.24) is 0 Å². The number of aliphatic imine (C=N–C) groups is 2. The van der Waals surface area contributed by atoms with Crippen LogP contribution in [-0.2, 0) is 0 Å². The number of hydrogen-bond acceptors (Lipinski definition) is 2. The van der Waals surface area contributed by atoms with Gasteiger partial charge in [0.05, 0.1) is 6.34 Å². The summed E-state index contributed by atoms with van der Waals surface area (Å²) in [7, 11) is 2.08. The van der Waals surface area contributed by atoms with Gasteiger partial charge in [-0.2, -0.15) is 0 Å². The molecule has 0 unspecified atom stereocenters. The molecule has 0 spiro atoms. The zero-order valence-electron chi connectivity index (χ0n) is 9.58. The van der Waals surface area contributed by atoms with E-state index in [1.54, 1.807) is 0 Å². The minimum absolute atomic E-state index is 0.772. The van der Waals surface area contributed by atoms with Crippen LogP contribution >= 0.6 is 0 Å². The average molecular weight is 218 g/mol. The van der Waals surface area contributed by atoms with Crippen molar-refractivity contribution in [2.75, 3.05) is 25.0 Å². The van der Waals surface area contributed by atoms with Crippen molar-refractivity contribution in [2.24, 2.45) is 15.7 Å². The summed E-state index contributed by atoms with van der Waals surface area (Å²) >= 11 is 0. The van der Waals surface area contributed by atoms with Gasteiger partial charge in [0.2, 0.25) is 0 Å². The predicted octanol–water partition coefficient (Wildman–Crippen LogP) is 1.53. The summed E-state index contributed by atoms with van der Waals surface area (Å²) in [6.07, 6.45) is 3.73. The zero-order valence-corrected chi connectivity index (χ0v) is 9.58. The summed E-state index contributed by atoms with van der Waals surface area (Å²) in [5.74, 6) is 0. The van der Waals surface area contributed by atoms with Crippen molar-refractivity contribution in [3.05, 3.63) is 30.3 Å². The Morgan fingerprint density at radius 1 is 1.31 bits per heavy atom. The second-order valence-electron chi connectivity index (χ2n) is 3.43. The fourth-order valence-corrected chi connectivity index (χ4v) is 1.35. The number of rotatable bonds is 6. The Kier molecular flexibility index (Phi) is 5.70. The standard InChI is InChI=1S/C12H18N4/c1-16(12-6-3-2-4-7-12)9-5-8-14-11-15-10-13/h2-4,6-7,10-11H,5,8-9H2,1H3,(H2,13,14,15). The molecule has 0 bridgehead atoms. The van der Waals surface area contributed by atoms with Crippen LogP contribution in [0.4, 0.5) is 5.69 Å². The summed E-state index contributed by atoms with van der Waals surface area (Å²) < 4.78 is 0. The van der Waals surface area contributed by atoms with E-state index in [9.17, 15) is 0 Å². The third kappa shape index (κ3) is 4.59. The summed E-state index contributed by atoms with van der Waals surface area (Å²) in [5, 5.41) is 0. The van der Waals surface area contributed by atoms with E-state index in [0.717, 1.165) is 19.5 Å². The van der Waals surface area contributed by atoms with Crippen molar-refractivity contribution in [3.63, 3.8) is 0 Å². The first-order valence-electron chi connectivity index (χ1n) is 5.32. The van der Waals surface area contributed by atoms with Crippen LogP contribution in [0.3, 0.4) is 0 Å². The molecule has 0 saturated carbocycles. The number of benzene rings is 1. The molecule has 0 saturated heterocycles. The molecular formula is C12H18N4. The van der Waals surface area contributed by atoms with Crippen LogP contribution in [0.25, 0.3) is 0 Å². The molecule has 1 rings (SSSR count). The molecule has 1 aromatic carbocycles. The number of anilines is 1. The van der Waals surface area contributed by atoms with Gasteiger partial charge in [0, 0.05) is 25.8 Å². The van der Waals surface area contributed by atoms with E-state index in [4.69, 9.17) is 5.73 Å². The van der Waals surface area contributed by atoms with Gasteiger partial charge in [-0.1, -0.05) is 18.2 Å². The second-order valence-corrected chi connectivity index (χ2v) is 3.43. The molecule has 0 aliphatic carbocycles. The van der Waals surface area contributed by atoms with E-state index < -0.39 is 0 Å². The van der Waals surface area contributed by atoms with Gasteiger partial charge in [0.25, 0.3) is 0 Å². The highest BCUT2D eigenvalue weighted by molar-refractivity contribution is 5.69. The lowest BCUT2D eigenvalue weighted by atomic mass is 10.3. The predicted molar refractivity (Wildman–Crippen MR) is 70.4 cm³/mol. The van der Waals surface area contributed by atoms with Crippen LogP contribution in [-0.4, -0.2) is 32.8 Å². The highest BCUT2D eigenvalue weighted by Crippen LogP contribution is 2.10. The van der Waals surface area contributed by atoms with Crippen LogP contribution in [0.15, 0.2) is 40.3 Å². The number of nitrogens with zero attached hydrogens (tertiary/aromatic N) is 3. The molecule has 0 radical (unpaired) electrons. The Bertz CT molecular complexity index is 332. The molecule has 0 heterocycles. The molecule has 4 nitrogen and oxygen atoms in total. The molecule has 0 fully saturated rings. The van der Waals surface area contributed by atoms with Gasteiger partial charge in [-0.15, -0.1) is 0 Å². The first-order valence-corrected chi connectivity index (χ1v) is 5.32. The zero-order chi connectivity index (χ0) is 11.6. The fourth-order valence-electron chi connectivity index (χ4n) is 1.35. The van der Waals surface area contributed by atoms with Crippen LogP contribution in [0, 0.1) is 0 Å². The lowest BCUT2D eigenvalue weighted by Gasteiger charge is -2.18. The molecule has 0 aliphatic rings. The maximum absolute atomic E-state index is 5.08. The van der Waals surface area contributed by atoms with Gasteiger partial charge in [-0.05, 0) is 18.6 Å². The third-order valence-corrected chi connectivity index (χ3v) is 2.21. The SMILES string of the molecule is CN(CCCN=CN=CN)c1ccccc1. The molecule has 4 heteroatoms. The molecule has 2 N–H and O–H groups in total. The van der Waals surface area contributed by atoms with E-state index in [-0.39, 0.29) is 0 Å². The first-order chi connectivity index (χ1) is 7.84. The van der Waals surface area contributed by atoms with Gasteiger partial charge < -0.3 is 10.6 Å². The molecule has 0 aromatic heterocycles. The Morgan fingerprint density at radius 2 is 2.06 bits per heavy atom. The molecule has 86 valence electrons. The molecular weight excluding hydrogens is 200 g/mol. The Balaban J connectivity index is 2.23. The molecule has 0 amide bonds. The summed E-state index contributed by atoms with van der Waals surface area (Å²) in [4.78, 5) is 10.0. The van der Waals surface area contributed by atoms with Crippen LogP contribution in [0.5, 0.6) is 0 Å². The fraction of sp³-hybridized carbons (Fsp3) is 0.333. The maximum Gasteiger partial charge on any atom is 0.111 e. The normalized spacial score (nSPS) is 11.3. The van der Waals surface area contributed by atoms with E-state index in [1.807, 2.05) is 18.2 Å². The topological polar surface area (TPSA) is 54.0 Å². The van der Waals surface area contributed by atoms with Gasteiger partial charge in [-0.25, -0.2) is 4.99 Å². The maximum atomic E-state index is 5.08. The second kappa shape index (κ2) is 7.45. The van der Waals surface area contributed by atoms with Gasteiger partial charge >= 0.3 is 0 Å². The molecule has 1 aromatic rings. The lowest BCUT2D eigenvalue weighted by Crippen LogP contribution is -2.18. The van der Waals surface area contributed by atoms with Crippen LogP contribution in [0.2, 0.25) is 0 Å². The molecule has 0 aliphatic heterocycles. The molecule has 16 heavy (non-hydrogen) atoms. The third-order valence-electron chi connectivity index (χ3n) is 2.21. The van der Waals surface area contributed by atoms with E-state index in [2.05, 4.69) is 34.1 Å². The van der Waals surface area contributed by atoms with Crippen molar-refractivity contribution in [1.29, 1.82) is 0 Å². The minimum Gasteiger partial charge on any atom is -0.390 e. The highest BCUT2D eigenvalue weighted by Gasteiger charge is 1.97. The highest BCUT2D eigenvalue weighted by atomic mass is 15.1. The van der Waals surface area contributed by atoms with Gasteiger partial charge in [0.15, 0.2) is 0 Å².